The topological polar surface area (TPSA) is 44.6 Å². The summed E-state index contributed by atoms with van der Waals surface area (Å²) >= 11 is 0. The smallest absolute Gasteiger partial charge is 0.236 e. The molecule has 0 spiro atoms. The Hall–Kier alpha value is -1.40. The monoisotopic (exact) mass is 293 g/mol. The first-order chi connectivity index (χ1) is 10.1. The van der Waals surface area contributed by atoms with Crippen molar-refractivity contribution in [3.8, 4) is 0 Å². The quantitative estimate of drug-likeness (QED) is 0.796. The van der Waals surface area contributed by atoms with Gasteiger partial charge in [0.15, 0.2) is 0 Å². The van der Waals surface area contributed by atoms with E-state index in [2.05, 4.69) is 35.7 Å². The van der Waals surface area contributed by atoms with E-state index in [0.29, 0.717) is 6.54 Å². The third-order valence-electron chi connectivity index (χ3n) is 4.41. The van der Waals surface area contributed by atoms with Crippen LogP contribution in [0.15, 0.2) is 12.4 Å². The van der Waals surface area contributed by atoms with Gasteiger partial charge in [-0.25, -0.2) is 4.98 Å². The van der Waals surface area contributed by atoms with E-state index in [-0.39, 0.29) is 11.9 Å². The van der Waals surface area contributed by atoms with E-state index >= 15 is 0 Å². The van der Waals surface area contributed by atoms with Crippen molar-refractivity contribution >= 4 is 5.91 Å². The predicted octanol–water partition coefficient (Wildman–Crippen LogP) is 0.577. The predicted molar refractivity (Wildman–Crippen MR) is 82.9 cm³/mol. The van der Waals surface area contributed by atoms with Crippen molar-refractivity contribution in [2.45, 2.75) is 19.9 Å². The van der Waals surface area contributed by atoms with E-state index in [4.69, 9.17) is 0 Å². The van der Waals surface area contributed by atoms with Crippen LogP contribution >= 0.6 is 0 Å². The van der Waals surface area contributed by atoms with Gasteiger partial charge in [0.25, 0.3) is 0 Å². The Morgan fingerprint density at radius 3 is 2.62 bits per heavy atom. The molecule has 1 aromatic rings. The fourth-order valence-electron chi connectivity index (χ4n) is 2.82. The summed E-state index contributed by atoms with van der Waals surface area (Å²) in [6, 6.07) is 0.180. The molecule has 0 aromatic carbocycles. The molecule has 1 aliphatic rings. The fourth-order valence-corrected chi connectivity index (χ4v) is 2.82. The molecule has 0 unspecified atom stereocenters. The highest BCUT2D eigenvalue weighted by atomic mass is 16.2. The van der Waals surface area contributed by atoms with Crippen LogP contribution in [0.4, 0.5) is 0 Å². The van der Waals surface area contributed by atoms with Crippen LogP contribution in [0.3, 0.4) is 0 Å². The molecule has 6 nitrogen and oxygen atoms in total. The van der Waals surface area contributed by atoms with Gasteiger partial charge in [0, 0.05) is 39.1 Å². The molecule has 0 saturated carbocycles. The zero-order valence-corrected chi connectivity index (χ0v) is 13.6. The lowest BCUT2D eigenvalue weighted by Gasteiger charge is -2.39. The van der Waals surface area contributed by atoms with Gasteiger partial charge in [0.05, 0.1) is 12.6 Å². The number of nitrogens with zero attached hydrogens (tertiary/aromatic N) is 5. The van der Waals surface area contributed by atoms with Crippen LogP contribution in [0.5, 0.6) is 0 Å². The van der Waals surface area contributed by atoms with Gasteiger partial charge in [0.2, 0.25) is 5.91 Å². The summed E-state index contributed by atoms with van der Waals surface area (Å²) in [5.74, 6) is 1.25. The average Bonchev–Trinajstić information content (AvgIpc) is 2.91. The Balaban J connectivity index is 2.03. The Bertz CT molecular complexity index is 468. The molecule has 1 fully saturated rings. The number of hydrogen-bond acceptors (Lipinski definition) is 4. The van der Waals surface area contributed by atoms with Gasteiger partial charge in [-0.05, 0) is 20.1 Å². The maximum atomic E-state index is 12.5. The second-order valence-corrected chi connectivity index (χ2v) is 5.69. The maximum absolute atomic E-state index is 12.5. The van der Waals surface area contributed by atoms with Gasteiger partial charge >= 0.3 is 0 Å². The number of hydrogen-bond donors (Lipinski definition) is 0. The molecule has 2 rings (SSSR count). The summed E-state index contributed by atoms with van der Waals surface area (Å²) in [6.07, 6.45) is 3.78. The molecule has 1 aliphatic heterocycles. The minimum atomic E-state index is 0.180. The number of rotatable bonds is 5. The summed E-state index contributed by atoms with van der Waals surface area (Å²) < 4.78 is 2.04. The van der Waals surface area contributed by atoms with Crippen LogP contribution in [-0.2, 0) is 11.8 Å². The van der Waals surface area contributed by atoms with Crippen LogP contribution in [-0.4, -0.2) is 76.5 Å². The highest BCUT2D eigenvalue weighted by Crippen LogP contribution is 2.22. The van der Waals surface area contributed by atoms with E-state index in [9.17, 15) is 4.79 Å². The lowest BCUT2D eigenvalue weighted by molar-refractivity contribution is -0.135. The number of imidazole rings is 1. The van der Waals surface area contributed by atoms with Crippen molar-refractivity contribution in [3.63, 3.8) is 0 Å². The summed E-state index contributed by atoms with van der Waals surface area (Å²) in [7, 11) is 4.11. The fraction of sp³-hybridized carbons (Fsp3) is 0.733. The van der Waals surface area contributed by atoms with Crippen molar-refractivity contribution in [1.29, 1.82) is 0 Å². The summed E-state index contributed by atoms with van der Waals surface area (Å²) in [5.41, 5.74) is 0. The number of piperazine rings is 1. The van der Waals surface area contributed by atoms with Crippen molar-refractivity contribution in [2.24, 2.45) is 7.05 Å². The first kappa shape index (κ1) is 16.0. The Morgan fingerprint density at radius 2 is 2.05 bits per heavy atom. The minimum Gasteiger partial charge on any atom is -0.338 e. The molecule has 6 heteroatoms. The summed E-state index contributed by atoms with van der Waals surface area (Å²) in [4.78, 5) is 23.3. The molecule has 1 amide bonds. The SMILES string of the molecule is CCN(CC)CC(=O)N1CCN(C)[C@H](c2nccn2C)C1. The van der Waals surface area contributed by atoms with E-state index in [1.165, 1.54) is 0 Å². The van der Waals surface area contributed by atoms with Crippen LogP contribution in [0.2, 0.25) is 0 Å². The van der Waals surface area contributed by atoms with Crippen molar-refractivity contribution in [3.05, 3.63) is 18.2 Å². The second-order valence-electron chi connectivity index (χ2n) is 5.69. The van der Waals surface area contributed by atoms with Crippen LogP contribution in [0.25, 0.3) is 0 Å². The zero-order valence-electron chi connectivity index (χ0n) is 13.6. The Labute approximate surface area is 127 Å². The maximum Gasteiger partial charge on any atom is 0.236 e. The van der Waals surface area contributed by atoms with E-state index in [1.807, 2.05) is 28.9 Å². The van der Waals surface area contributed by atoms with Crippen molar-refractivity contribution in [2.75, 3.05) is 46.3 Å². The Morgan fingerprint density at radius 1 is 1.33 bits per heavy atom. The number of amides is 1. The molecule has 21 heavy (non-hydrogen) atoms. The third-order valence-corrected chi connectivity index (χ3v) is 4.41. The average molecular weight is 293 g/mol. The molecule has 2 heterocycles. The number of carbonyl (C=O) groups excluding carboxylic acids is 1. The van der Waals surface area contributed by atoms with Crippen molar-refractivity contribution in [1.82, 2.24) is 24.3 Å². The molecule has 0 radical (unpaired) electrons. The van der Waals surface area contributed by atoms with Crippen molar-refractivity contribution < 1.29 is 4.79 Å². The minimum absolute atomic E-state index is 0.180. The molecule has 1 saturated heterocycles. The van der Waals surface area contributed by atoms with Gasteiger partial charge < -0.3 is 9.47 Å². The number of carbonyl (C=O) groups is 1. The molecule has 118 valence electrons. The first-order valence-corrected chi connectivity index (χ1v) is 7.74. The van der Waals surface area contributed by atoms with Crippen LogP contribution in [0, 0.1) is 0 Å². The first-order valence-electron chi connectivity index (χ1n) is 7.74. The second kappa shape index (κ2) is 7.04. The highest BCUT2D eigenvalue weighted by molar-refractivity contribution is 5.78. The lowest BCUT2D eigenvalue weighted by atomic mass is 10.1. The normalized spacial score (nSPS) is 20.2. The molecular weight excluding hydrogens is 266 g/mol. The largest absolute Gasteiger partial charge is 0.338 e. The van der Waals surface area contributed by atoms with Gasteiger partial charge in [-0.2, -0.15) is 0 Å². The van der Waals surface area contributed by atoms with Gasteiger partial charge in [-0.3, -0.25) is 14.6 Å². The number of aryl methyl sites for hydroxylation is 1. The molecule has 0 N–H and O–H groups in total. The summed E-state index contributed by atoms with van der Waals surface area (Å²) in [5, 5.41) is 0. The molecule has 0 aliphatic carbocycles. The van der Waals surface area contributed by atoms with E-state index in [0.717, 1.165) is 38.5 Å². The molecule has 1 atom stereocenters. The van der Waals surface area contributed by atoms with E-state index < -0.39 is 0 Å². The summed E-state index contributed by atoms with van der Waals surface area (Å²) in [6.45, 7) is 8.96. The molecule has 1 aromatic heterocycles. The van der Waals surface area contributed by atoms with Crippen LogP contribution in [0.1, 0.15) is 25.7 Å². The van der Waals surface area contributed by atoms with Gasteiger partial charge in [0.1, 0.15) is 5.82 Å². The zero-order chi connectivity index (χ0) is 15.4. The number of aromatic nitrogens is 2. The highest BCUT2D eigenvalue weighted by Gasteiger charge is 2.30. The van der Waals surface area contributed by atoms with Crippen LogP contribution < -0.4 is 0 Å². The van der Waals surface area contributed by atoms with Gasteiger partial charge in [-0.15, -0.1) is 0 Å². The molecule has 0 bridgehead atoms. The van der Waals surface area contributed by atoms with Gasteiger partial charge in [-0.1, -0.05) is 13.8 Å². The number of likely N-dealkylation sites (N-methyl/N-ethyl adjacent to an activating group) is 2. The van der Waals surface area contributed by atoms with E-state index in [1.54, 1.807) is 0 Å². The Kier molecular flexibility index (Phi) is 5.36. The molecular formula is C15H27N5O. The standard InChI is InChI=1S/C15H27N5O/c1-5-19(6-2)12-14(21)20-10-9-17(3)13(11-20)15-16-7-8-18(15)4/h7-8,13H,5-6,9-12H2,1-4H3/t13-/m0/s1. The third kappa shape index (κ3) is 3.63. The lowest BCUT2D eigenvalue weighted by Crippen LogP contribution is -2.51.